The molecule has 0 spiro atoms. The first kappa shape index (κ1) is 12.2. The lowest BCUT2D eigenvalue weighted by atomic mass is 10.3. The molecule has 0 atom stereocenters. The normalized spacial score (nSPS) is 10.7. The van der Waals surface area contributed by atoms with Gasteiger partial charge in [-0.1, -0.05) is 6.07 Å². The summed E-state index contributed by atoms with van der Waals surface area (Å²) >= 11 is 0. The highest BCUT2D eigenvalue weighted by atomic mass is 16.5. The molecule has 0 fully saturated rings. The van der Waals surface area contributed by atoms with Crippen LogP contribution < -0.4 is 15.8 Å². The molecule has 2 aliphatic heterocycles. The minimum Gasteiger partial charge on any atom is -0.494 e. The highest BCUT2D eigenvalue weighted by Crippen LogP contribution is 2.24. The number of fused-ring (bicyclic) bond motifs is 1. The third kappa shape index (κ3) is 2.33. The van der Waals surface area contributed by atoms with Crippen molar-refractivity contribution in [3.05, 3.63) is 30.6 Å². The summed E-state index contributed by atoms with van der Waals surface area (Å²) in [7, 11) is 0. The first-order valence-electron chi connectivity index (χ1n) is 6.22. The standard InChI is InChI=1S/C13H14N6O/c1-2-20-9-5-3-4-8(6-9)17-13-18-11(14)10-12(19-13)16-7-15-10/h3-7H,2H2,1H3,(H4,14,15,16,17,18,19). The van der Waals surface area contributed by atoms with Crippen LogP contribution in [0.4, 0.5) is 17.5 Å². The van der Waals surface area contributed by atoms with Crippen molar-refractivity contribution >= 4 is 17.5 Å². The van der Waals surface area contributed by atoms with Crippen molar-refractivity contribution < 1.29 is 4.74 Å². The fourth-order valence-electron chi connectivity index (χ4n) is 1.88. The average Bonchev–Trinajstić information content (AvgIpc) is 2.88. The number of ether oxygens (including phenoxy) is 1. The Morgan fingerprint density at radius 3 is 3.10 bits per heavy atom. The number of nitrogens with zero attached hydrogens (tertiary/aromatic N) is 3. The minimum absolute atomic E-state index is 0.427. The molecule has 0 aliphatic carbocycles. The van der Waals surface area contributed by atoms with Crippen molar-refractivity contribution in [2.24, 2.45) is 0 Å². The second-order valence-electron chi connectivity index (χ2n) is 4.13. The topological polar surface area (TPSA) is 102 Å². The number of hydrogen-bond acceptors (Lipinski definition) is 6. The van der Waals surface area contributed by atoms with Gasteiger partial charge in [-0.3, -0.25) is 0 Å². The van der Waals surface area contributed by atoms with Crippen LogP contribution in [-0.2, 0) is 0 Å². The maximum Gasteiger partial charge on any atom is 0.208 e. The number of H-pyrrole nitrogens is 1. The van der Waals surface area contributed by atoms with Gasteiger partial charge in [0.1, 0.15) is 23.6 Å². The van der Waals surface area contributed by atoms with E-state index >= 15 is 0 Å². The van der Waals surface area contributed by atoms with E-state index in [2.05, 4.69) is 25.3 Å². The molecule has 0 saturated heterocycles. The van der Waals surface area contributed by atoms with E-state index < -0.39 is 0 Å². The molecule has 0 radical (unpaired) electrons. The van der Waals surface area contributed by atoms with Gasteiger partial charge in [-0.2, -0.15) is 4.98 Å². The van der Waals surface area contributed by atoms with E-state index in [1.807, 2.05) is 31.2 Å². The molecule has 3 rings (SSSR count). The molecule has 0 saturated carbocycles. The first-order valence-corrected chi connectivity index (χ1v) is 6.22. The molecule has 0 unspecified atom stereocenters. The molecular formula is C13H14N6O. The number of aromatic amines is 1. The smallest absolute Gasteiger partial charge is 0.208 e. The number of nitrogens with two attached hydrogens (primary N) is 1. The minimum atomic E-state index is 0.427. The van der Waals surface area contributed by atoms with Gasteiger partial charge in [-0.25, -0.2) is 9.97 Å². The average molecular weight is 270 g/mol. The van der Waals surface area contributed by atoms with Crippen molar-refractivity contribution in [1.82, 2.24) is 19.9 Å². The summed E-state index contributed by atoms with van der Waals surface area (Å²) in [5, 5.41) is 3.13. The molecule has 2 heterocycles. The second-order valence-corrected chi connectivity index (χ2v) is 4.13. The lowest BCUT2D eigenvalue weighted by Crippen LogP contribution is -2.04. The lowest BCUT2D eigenvalue weighted by molar-refractivity contribution is 0.340. The van der Waals surface area contributed by atoms with Gasteiger partial charge in [0.25, 0.3) is 0 Å². The van der Waals surface area contributed by atoms with E-state index in [1.54, 1.807) is 0 Å². The van der Waals surface area contributed by atoms with Crippen LogP contribution in [0.25, 0.3) is 11.5 Å². The van der Waals surface area contributed by atoms with Crippen LogP contribution in [0.15, 0.2) is 30.6 Å². The Labute approximate surface area is 115 Å². The van der Waals surface area contributed by atoms with E-state index in [0.717, 1.165) is 11.4 Å². The molecule has 1 aromatic rings. The molecule has 2 aliphatic rings. The van der Waals surface area contributed by atoms with Crippen molar-refractivity contribution in [3.8, 4) is 17.3 Å². The van der Waals surface area contributed by atoms with Gasteiger partial charge in [0.15, 0.2) is 5.82 Å². The summed E-state index contributed by atoms with van der Waals surface area (Å²) in [5.41, 5.74) is 7.28. The summed E-state index contributed by atoms with van der Waals surface area (Å²) in [6.07, 6.45) is 1.43. The molecule has 0 aromatic heterocycles. The molecule has 102 valence electrons. The van der Waals surface area contributed by atoms with E-state index in [4.69, 9.17) is 10.5 Å². The highest BCUT2D eigenvalue weighted by Gasteiger charge is 2.13. The fourth-order valence-corrected chi connectivity index (χ4v) is 1.88. The summed E-state index contributed by atoms with van der Waals surface area (Å²) in [6.45, 7) is 2.56. The van der Waals surface area contributed by atoms with Crippen LogP contribution in [0.2, 0.25) is 0 Å². The summed E-state index contributed by atoms with van der Waals surface area (Å²) in [4.78, 5) is 15.3. The lowest BCUT2D eigenvalue weighted by Gasteiger charge is -2.10. The Morgan fingerprint density at radius 2 is 2.25 bits per heavy atom. The number of rotatable bonds is 4. The van der Waals surface area contributed by atoms with Crippen molar-refractivity contribution in [2.45, 2.75) is 6.92 Å². The largest absolute Gasteiger partial charge is 0.494 e. The van der Waals surface area contributed by atoms with Gasteiger partial charge < -0.3 is 20.8 Å². The maximum absolute atomic E-state index is 5.87. The fraction of sp³-hybridized carbons (Fsp3) is 0.154. The zero-order chi connectivity index (χ0) is 13.9. The maximum atomic E-state index is 5.87. The molecule has 20 heavy (non-hydrogen) atoms. The Kier molecular flexibility index (Phi) is 3.08. The predicted molar refractivity (Wildman–Crippen MR) is 76.1 cm³/mol. The second kappa shape index (κ2) is 5.04. The number of aromatic nitrogens is 4. The van der Waals surface area contributed by atoms with Crippen molar-refractivity contribution in [3.63, 3.8) is 0 Å². The van der Waals surface area contributed by atoms with Crippen LogP contribution in [0.5, 0.6) is 5.75 Å². The molecule has 1 aromatic carbocycles. The first-order chi connectivity index (χ1) is 9.76. The van der Waals surface area contributed by atoms with E-state index in [9.17, 15) is 0 Å². The van der Waals surface area contributed by atoms with Crippen LogP contribution >= 0.6 is 0 Å². The number of nitrogen functional groups attached to an aromatic ring is 1. The van der Waals surface area contributed by atoms with Gasteiger partial charge in [0.05, 0.1) is 6.61 Å². The highest BCUT2D eigenvalue weighted by molar-refractivity contribution is 5.68. The Balaban J connectivity index is 1.89. The SMILES string of the molecule is CCOc1cccc(Nc2nc3ncnc-3c(N)[nH]2)c1. The van der Waals surface area contributed by atoms with Gasteiger partial charge >= 0.3 is 0 Å². The Bertz CT molecular complexity index is 695. The van der Waals surface area contributed by atoms with Crippen LogP contribution in [0.1, 0.15) is 6.92 Å². The number of benzene rings is 1. The monoisotopic (exact) mass is 270 g/mol. The van der Waals surface area contributed by atoms with Crippen LogP contribution in [0.3, 0.4) is 0 Å². The third-order valence-electron chi connectivity index (χ3n) is 2.71. The molecule has 7 nitrogen and oxygen atoms in total. The van der Waals surface area contributed by atoms with E-state index in [-0.39, 0.29) is 0 Å². The number of anilines is 3. The summed E-state index contributed by atoms with van der Waals surface area (Å²) < 4.78 is 5.45. The third-order valence-corrected chi connectivity index (χ3v) is 2.71. The van der Waals surface area contributed by atoms with Crippen molar-refractivity contribution in [1.29, 1.82) is 0 Å². The van der Waals surface area contributed by atoms with Gasteiger partial charge in [0.2, 0.25) is 5.95 Å². The quantitative estimate of drug-likeness (QED) is 0.670. The number of hydrogen-bond donors (Lipinski definition) is 3. The van der Waals surface area contributed by atoms with E-state index in [1.165, 1.54) is 6.33 Å². The van der Waals surface area contributed by atoms with Gasteiger partial charge in [0, 0.05) is 11.8 Å². The molecule has 0 bridgehead atoms. The molecule has 4 N–H and O–H groups in total. The summed E-state index contributed by atoms with van der Waals surface area (Å²) in [5.74, 6) is 2.23. The molecule has 0 amide bonds. The number of nitrogens with one attached hydrogen (secondary N) is 2. The van der Waals surface area contributed by atoms with Crippen molar-refractivity contribution in [2.75, 3.05) is 17.7 Å². The molecular weight excluding hydrogens is 256 g/mol. The zero-order valence-corrected chi connectivity index (χ0v) is 10.9. The van der Waals surface area contributed by atoms with Gasteiger partial charge in [-0.15, -0.1) is 0 Å². The van der Waals surface area contributed by atoms with Gasteiger partial charge in [-0.05, 0) is 19.1 Å². The van der Waals surface area contributed by atoms with E-state index in [0.29, 0.717) is 29.9 Å². The molecule has 7 heteroatoms. The summed E-state index contributed by atoms with van der Waals surface area (Å²) in [6, 6.07) is 7.59. The Hall–Kier alpha value is -2.83. The van der Waals surface area contributed by atoms with Crippen LogP contribution in [0, 0.1) is 0 Å². The zero-order valence-electron chi connectivity index (χ0n) is 10.9. The van der Waals surface area contributed by atoms with Crippen LogP contribution in [-0.4, -0.2) is 26.5 Å². The predicted octanol–water partition coefficient (Wildman–Crippen LogP) is 2.03. The Morgan fingerprint density at radius 1 is 1.35 bits per heavy atom. The number of imidazole rings is 1.